The van der Waals surface area contributed by atoms with Crippen LogP contribution in [0.15, 0.2) is 22.7 Å². The highest BCUT2D eigenvalue weighted by Crippen LogP contribution is 2.25. The molecule has 1 N–H and O–H groups in total. The van der Waals surface area contributed by atoms with Crippen molar-refractivity contribution in [2.24, 2.45) is 0 Å². The SMILES string of the molecule is CNCCOc1ccc(F)cc1Br. The minimum absolute atomic E-state index is 0.271. The summed E-state index contributed by atoms with van der Waals surface area (Å²) < 4.78 is 18.6. The van der Waals surface area contributed by atoms with Gasteiger partial charge in [0, 0.05) is 6.54 Å². The van der Waals surface area contributed by atoms with Gasteiger partial charge in [0.1, 0.15) is 18.2 Å². The lowest BCUT2D eigenvalue weighted by Crippen LogP contribution is -2.16. The number of hydrogen-bond acceptors (Lipinski definition) is 2. The number of likely N-dealkylation sites (N-methyl/N-ethyl adjacent to an activating group) is 1. The van der Waals surface area contributed by atoms with Crippen molar-refractivity contribution in [2.45, 2.75) is 0 Å². The first-order valence-corrected chi connectivity index (χ1v) is 4.76. The minimum atomic E-state index is -0.271. The zero-order valence-electron chi connectivity index (χ0n) is 7.31. The Balaban J connectivity index is 2.56. The highest BCUT2D eigenvalue weighted by atomic mass is 79.9. The third kappa shape index (κ3) is 3.32. The molecule has 1 rings (SSSR count). The molecule has 0 heterocycles. The van der Waals surface area contributed by atoms with Gasteiger partial charge < -0.3 is 10.1 Å². The molecule has 0 saturated carbocycles. The van der Waals surface area contributed by atoms with E-state index in [1.807, 2.05) is 7.05 Å². The average molecular weight is 248 g/mol. The zero-order chi connectivity index (χ0) is 9.68. The molecular formula is C9H11BrFNO. The quantitative estimate of drug-likeness (QED) is 0.824. The van der Waals surface area contributed by atoms with E-state index in [9.17, 15) is 4.39 Å². The van der Waals surface area contributed by atoms with Gasteiger partial charge in [-0.25, -0.2) is 4.39 Å². The Morgan fingerprint density at radius 3 is 2.92 bits per heavy atom. The van der Waals surface area contributed by atoms with Crippen molar-refractivity contribution in [2.75, 3.05) is 20.2 Å². The van der Waals surface area contributed by atoms with Crippen molar-refractivity contribution >= 4 is 15.9 Å². The van der Waals surface area contributed by atoms with E-state index in [2.05, 4.69) is 21.2 Å². The first-order chi connectivity index (χ1) is 6.24. The van der Waals surface area contributed by atoms with E-state index in [0.717, 1.165) is 6.54 Å². The first kappa shape index (κ1) is 10.5. The van der Waals surface area contributed by atoms with Crippen molar-refractivity contribution < 1.29 is 9.13 Å². The van der Waals surface area contributed by atoms with Crippen LogP contribution in [0, 0.1) is 5.82 Å². The Kier molecular flexibility index (Phi) is 4.18. The molecular weight excluding hydrogens is 237 g/mol. The Morgan fingerprint density at radius 2 is 2.31 bits per heavy atom. The van der Waals surface area contributed by atoms with Crippen LogP contribution in [-0.4, -0.2) is 20.2 Å². The molecule has 0 unspecified atom stereocenters. The fourth-order valence-electron chi connectivity index (χ4n) is 0.855. The Bertz CT molecular complexity index is 280. The number of rotatable bonds is 4. The average Bonchev–Trinajstić information content (AvgIpc) is 2.09. The monoisotopic (exact) mass is 247 g/mol. The predicted molar refractivity (Wildman–Crippen MR) is 53.5 cm³/mol. The van der Waals surface area contributed by atoms with Gasteiger partial charge >= 0.3 is 0 Å². The third-order valence-corrected chi connectivity index (χ3v) is 2.12. The molecule has 0 atom stereocenters. The van der Waals surface area contributed by atoms with Gasteiger partial charge in [0.15, 0.2) is 0 Å². The van der Waals surface area contributed by atoms with E-state index in [4.69, 9.17) is 4.74 Å². The summed E-state index contributed by atoms with van der Waals surface area (Å²) in [6, 6.07) is 4.36. The number of halogens is 2. The molecule has 72 valence electrons. The van der Waals surface area contributed by atoms with E-state index in [0.29, 0.717) is 16.8 Å². The molecule has 0 aliphatic heterocycles. The second-order valence-electron chi connectivity index (χ2n) is 2.53. The molecule has 4 heteroatoms. The number of nitrogens with one attached hydrogen (secondary N) is 1. The van der Waals surface area contributed by atoms with Crippen LogP contribution in [0.2, 0.25) is 0 Å². The second kappa shape index (κ2) is 5.19. The molecule has 13 heavy (non-hydrogen) atoms. The van der Waals surface area contributed by atoms with Crippen molar-refractivity contribution in [3.63, 3.8) is 0 Å². The summed E-state index contributed by atoms with van der Waals surface area (Å²) in [6.45, 7) is 1.34. The predicted octanol–water partition coefficient (Wildman–Crippen LogP) is 2.19. The van der Waals surface area contributed by atoms with Gasteiger partial charge in [-0.05, 0) is 41.2 Å². The van der Waals surface area contributed by atoms with Crippen LogP contribution in [0.25, 0.3) is 0 Å². The van der Waals surface area contributed by atoms with Gasteiger partial charge in [-0.1, -0.05) is 0 Å². The summed E-state index contributed by atoms with van der Waals surface area (Å²) >= 11 is 3.21. The van der Waals surface area contributed by atoms with Gasteiger partial charge in [-0.3, -0.25) is 0 Å². The van der Waals surface area contributed by atoms with E-state index in [1.54, 1.807) is 6.07 Å². The molecule has 0 amide bonds. The second-order valence-corrected chi connectivity index (χ2v) is 3.38. The molecule has 0 aliphatic carbocycles. The Morgan fingerprint density at radius 1 is 1.54 bits per heavy atom. The number of ether oxygens (including phenoxy) is 1. The lowest BCUT2D eigenvalue weighted by atomic mass is 10.3. The largest absolute Gasteiger partial charge is 0.491 e. The standard InChI is InChI=1S/C9H11BrFNO/c1-12-4-5-13-9-3-2-7(11)6-8(9)10/h2-3,6,12H,4-5H2,1H3. The van der Waals surface area contributed by atoms with Crippen LogP contribution in [0.5, 0.6) is 5.75 Å². The highest BCUT2D eigenvalue weighted by molar-refractivity contribution is 9.10. The first-order valence-electron chi connectivity index (χ1n) is 3.96. The summed E-state index contributed by atoms with van der Waals surface area (Å²) in [5, 5.41) is 2.95. The Labute approximate surface area is 85.2 Å². The van der Waals surface area contributed by atoms with Crippen LogP contribution >= 0.6 is 15.9 Å². The molecule has 0 aromatic heterocycles. The summed E-state index contributed by atoms with van der Waals surface area (Å²) in [6.07, 6.45) is 0. The molecule has 0 radical (unpaired) electrons. The molecule has 0 spiro atoms. The minimum Gasteiger partial charge on any atom is -0.491 e. The summed E-state index contributed by atoms with van der Waals surface area (Å²) in [5.41, 5.74) is 0. The van der Waals surface area contributed by atoms with Crippen LogP contribution in [0.4, 0.5) is 4.39 Å². The summed E-state index contributed by atoms with van der Waals surface area (Å²) in [4.78, 5) is 0. The van der Waals surface area contributed by atoms with Crippen molar-refractivity contribution in [3.05, 3.63) is 28.5 Å². The van der Waals surface area contributed by atoms with Crippen LogP contribution in [0.3, 0.4) is 0 Å². The molecule has 0 fully saturated rings. The topological polar surface area (TPSA) is 21.3 Å². The smallest absolute Gasteiger partial charge is 0.133 e. The summed E-state index contributed by atoms with van der Waals surface area (Å²) in [5.74, 6) is 0.393. The molecule has 0 bridgehead atoms. The van der Waals surface area contributed by atoms with Gasteiger partial charge in [0.05, 0.1) is 4.47 Å². The van der Waals surface area contributed by atoms with E-state index in [-0.39, 0.29) is 5.82 Å². The van der Waals surface area contributed by atoms with E-state index >= 15 is 0 Å². The zero-order valence-corrected chi connectivity index (χ0v) is 8.90. The van der Waals surface area contributed by atoms with Crippen molar-refractivity contribution in [3.8, 4) is 5.75 Å². The number of hydrogen-bond donors (Lipinski definition) is 1. The van der Waals surface area contributed by atoms with Crippen LogP contribution < -0.4 is 10.1 Å². The van der Waals surface area contributed by atoms with E-state index in [1.165, 1.54) is 12.1 Å². The molecule has 0 saturated heterocycles. The maximum atomic E-state index is 12.6. The highest BCUT2D eigenvalue weighted by Gasteiger charge is 2.01. The molecule has 1 aromatic rings. The maximum absolute atomic E-state index is 12.6. The van der Waals surface area contributed by atoms with Crippen LogP contribution in [-0.2, 0) is 0 Å². The summed E-state index contributed by atoms with van der Waals surface area (Å²) in [7, 11) is 1.85. The fourth-order valence-corrected chi connectivity index (χ4v) is 1.32. The van der Waals surface area contributed by atoms with Gasteiger partial charge in [-0.15, -0.1) is 0 Å². The maximum Gasteiger partial charge on any atom is 0.133 e. The molecule has 2 nitrogen and oxygen atoms in total. The van der Waals surface area contributed by atoms with Crippen molar-refractivity contribution in [1.82, 2.24) is 5.32 Å². The third-order valence-electron chi connectivity index (χ3n) is 1.50. The Hall–Kier alpha value is -0.610. The molecule has 1 aromatic carbocycles. The fraction of sp³-hybridized carbons (Fsp3) is 0.333. The normalized spacial score (nSPS) is 10.1. The number of benzene rings is 1. The van der Waals surface area contributed by atoms with Crippen molar-refractivity contribution in [1.29, 1.82) is 0 Å². The lowest BCUT2D eigenvalue weighted by molar-refractivity contribution is 0.316. The van der Waals surface area contributed by atoms with Gasteiger partial charge in [0.2, 0.25) is 0 Å². The van der Waals surface area contributed by atoms with Gasteiger partial charge in [0.25, 0.3) is 0 Å². The van der Waals surface area contributed by atoms with E-state index < -0.39 is 0 Å². The van der Waals surface area contributed by atoms with Gasteiger partial charge in [-0.2, -0.15) is 0 Å². The van der Waals surface area contributed by atoms with Crippen LogP contribution in [0.1, 0.15) is 0 Å². The lowest BCUT2D eigenvalue weighted by Gasteiger charge is -2.07. The molecule has 0 aliphatic rings.